The molecule has 198 valence electrons. The molecule has 0 saturated heterocycles. The van der Waals surface area contributed by atoms with E-state index in [9.17, 15) is 22.0 Å². The van der Waals surface area contributed by atoms with Crippen LogP contribution in [0.3, 0.4) is 0 Å². The number of carbonyl (C=O) groups is 1. The highest BCUT2D eigenvalue weighted by atomic mass is 127. The molecular formula is C25H31F2IN2O5S. The van der Waals surface area contributed by atoms with Crippen molar-refractivity contribution in [3.05, 3.63) is 48.0 Å². The van der Waals surface area contributed by atoms with Gasteiger partial charge in [0.1, 0.15) is 17.5 Å². The van der Waals surface area contributed by atoms with Crippen LogP contribution in [0.2, 0.25) is 0 Å². The predicted molar refractivity (Wildman–Crippen MR) is 144 cm³/mol. The van der Waals surface area contributed by atoms with Crippen LogP contribution in [0.15, 0.2) is 47.4 Å². The van der Waals surface area contributed by atoms with Crippen molar-refractivity contribution in [1.29, 1.82) is 0 Å². The smallest absolute Gasteiger partial charge is 0.412 e. The fraction of sp³-hybridized carbons (Fsp3) is 0.480. The molecule has 0 spiro atoms. The molecule has 0 aromatic heterocycles. The monoisotopic (exact) mass is 636 g/mol. The first-order valence-corrected chi connectivity index (χ1v) is 13.9. The van der Waals surface area contributed by atoms with Crippen LogP contribution >= 0.6 is 22.6 Å². The molecule has 2 aromatic carbocycles. The third kappa shape index (κ3) is 7.21. The maximum absolute atomic E-state index is 13.9. The minimum Gasteiger partial charge on any atom is -0.486 e. The van der Waals surface area contributed by atoms with E-state index in [1.54, 1.807) is 32.9 Å². The van der Waals surface area contributed by atoms with E-state index in [0.717, 1.165) is 33.0 Å². The standard InChI is InChI=1S/C25H31F2IN2O5S/c1-23(2,3)14-18-15-30(36(32,33)19-9-7-8-16(12-19)25(26,27)28)20-13-17(10-11-21(20)34-18)29-22(31)35-24(4,5)6/h7-13,18H,14-15H2,1-6H3,(H,29,31)/t18-/m0/s1. The van der Waals surface area contributed by atoms with Crippen molar-refractivity contribution in [3.63, 3.8) is 0 Å². The molecule has 1 aliphatic heterocycles. The largest absolute Gasteiger partial charge is 0.486 e. The summed E-state index contributed by atoms with van der Waals surface area (Å²) in [6.45, 7) is 11.2. The summed E-state index contributed by atoms with van der Waals surface area (Å²) in [4.78, 5) is 12.0. The molecule has 0 saturated carbocycles. The third-order valence-electron chi connectivity index (χ3n) is 5.13. The van der Waals surface area contributed by atoms with Gasteiger partial charge in [0.05, 0.1) is 17.1 Å². The van der Waals surface area contributed by atoms with Crippen LogP contribution in [0.5, 0.6) is 5.75 Å². The molecule has 1 aliphatic rings. The topological polar surface area (TPSA) is 84.9 Å². The van der Waals surface area contributed by atoms with Gasteiger partial charge in [-0.2, -0.15) is 8.78 Å². The second-order valence-electron chi connectivity index (χ2n) is 10.9. The second-order valence-corrected chi connectivity index (χ2v) is 14.1. The molecule has 7 nitrogen and oxygen atoms in total. The summed E-state index contributed by atoms with van der Waals surface area (Å²) in [5.41, 5.74) is -0.792. The van der Waals surface area contributed by atoms with Gasteiger partial charge in [-0.25, -0.2) is 13.2 Å². The Labute approximate surface area is 224 Å². The van der Waals surface area contributed by atoms with E-state index in [-0.39, 0.29) is 22.5 Å². The summed E-state index contributed by atoms with van der Waals surface area (Å²) in [7, 11) is -4.25. The van der Waals surface area contributed by atoms with E-state index in [2.05, 4.69) is 5.32 Å². The molecule has 1 N–H and O–H groups in total. The molecule has 0 unspecified atom stereocenters. The summed E-state index contributed by atoms with van der Waals surface area (Å²) >= 11 is 0.971. The molecule has 36 heavy (non-hydrogen) atoms. The first-order valence-electron chi connectivity index (χ1n) is 11.4. The number of hydrogen-bond donors (Lipinski definition) is 1. The van der Waals surface area contributed by atoms with E-state index >= 15 is 0 Å². The van der Waals surface area contributed by atoms with Gasteiger partial charge in [0.25, 0.3) is 10.0 Å². The maximum Gasteiger partial charge on any atom is 0.412 e. The Hall–Kier alpha value is -2.15. The quantitative estimate of drug-likeness (QED) is 0.285. The Bertz CT molecular complexity index is 1230. The Balaban J connectivity index is 2.05. The number of fused-ring (bicyclic) bond motifs is 1. The lowest BCUT2D eigenvalue weighted by molar-refractivity contribution is 0.0635. The number of ether oxygens (including phenoxy) is 2. The van der Waals surface area contributed by atoms with Crippen molar-refractivity contribution in [3.8, 4) is 5.75 Å². The number of carbonyl (C=O) groups excluding carboxylic acids is 1. The number of amides is 1. The minimum absolute atomic E-state index is 0.0205. The van der Waals surface area contributed by atoms with E-state index < -0.39 is 37.3 Å². The Morgan fingerprint density at radius 1 is 1.14 bits per heavy atom. The number of nitrogens with zero attached hydrogens (tertiary/aromatic N) is 1. The van der Waals surface area contributed by atoms with E-state index in [0.29, 0.717) is 17.9 Å². The zero-order valence-corrected chi connectivity index (χ0v) is 24.0. The first kappa shape index (κ1) is 28.4. The normalized spacial score (nSPS) is 16.7. The van der Waals surface area contributed by atoms with Crippen LogP contribution in [0.1, 0.15) is 53.5 Å². The summed E-state index contributed by atoms with van der Waals surface area (Å²) in [6.07, 6.45) is -0.607. The van der Waals surface area contributed by atoms with Gasteiger partial charge in [-0.1, -0.05) is 32.9 Å². The molecule has 0 aliphatic carbocycles. The highest BCUT2D eigenvalue weighted by Crippen LogP contribution is 2.42. The number of alkyl halides is 3. The van der Waals surface area contributed by atoms with Crippen molar-refractivity contribution in [2.75, 3.05) is 16.2 Å². The number of rotatable bonds is 5. The molecule has 1 atom stereocenters. The van der Waals surface area contributed by atoms with E-state index in [4.69, 9.17) is 9.47 Å². The highest BCUT2D eigenvalue weighted by molar-refractivity contribution is 14.1. The number of anilines is 2. The van der Waals surface area contributed by atoms with Crippen LogP contribution in [0.25, 0.3) is 0 Å². The summed E-state index contributed by atoms with van der Waals surface area (Å²) in [6, 6.07) is 9.39. The zero-order valence-electron chi connectivity index (χ0n) is 21.1. The van der Waals surface area contributed by atoms with Gasteiger partial charge in [0.15, 0.2) is 0 Å². The average molecular weight is 636 g/mol. The Kier molecular flexibility index (Phi) is 7.86. The molecule has 3 rings (SSSR count). The van der Waals surface area contributed by atoms with Crippen molar-refractivity contribution < 1.29 is 31.5 Å². The van der Waals surface area contributed by atoms with Gasteiger partial charge in [0.2, 0.25) is 0 Å². The molecule has 0 bridgehead atoms. The van der Waals surface area contributed by atoms with Crippen LogP contribution < -0.4 is 14.4 Å². The molecule has 1 heterocycles. The van der Waals surface area contributed by atoms with Gasteiger partial charge in [-0.15, -0.1) is 0 Å². The maximum atomic E-state index is 13.9. The van der Waals surface area contributed by atoms with Crippen molar-refractivity contribution >= 4 is 50.1 Å². The van der Waals surface area contributed by atoms with Crippen molar-refractivity contribution in [2.24, 2.45) is 5.41 Å². The number of sulfonamides is 1. The van der Waals surface area contributed by atoms with Gasteiger partial charge in [-0.3, -0.25) is 9.62 Å². The average Bonchev–Trinajstić information content (AvgIpc) is 2.70. The molecule has 2 aromatic rings. The number of nitrogens with one attached hydrogen (secondary N) is 1. The van der Waals surface area contributed by atoms with E-state index in [1.807, 2.05) is 20.8 Å². The number of benzene rings is 2. The third-order valence-corrected chi connectivity index (χ3v) is 7.52. The summed E-state index contributed by atoms with van der Waals surface area (Å²) < 4.78 is 64.8. The van der Waals surface area contributed by atoms with Crippen LogP contribution in [-0.2, 0) is 18.7 Å². The molecule has 11 heteroatoms. The zero-order chi connectivity index (χ0) is 27.1. The molecular weight excluding hydrogens is 605 g/mol. The predicted octanol–water partition coefficient (Wildman–Crippen LogP) is 6.91. The van der Waals surface area contributed by atoms with Gasteiger partial charge in [-0.05, 0) is 62.9 Å². The fourth-order valence-electron chi connectivity index (χ4n) is 3.79. The Morgan fingerprint density at radius 3 is 2.39 bits per heavy atom. The van der Waals surface area contributed by atoms with Crippen LogP contribution in [0, 0.1) is 5.41 Å². The lowest BCUT2D eigenvalue weighted by atomic mass is 9.89. The molecule has 0 radical (unpaired) electrons. The van der Waals surface area contributed by atoms with Crippen LogP contribution in [-0.4, -0.2) is 32.8 Å². The lowest BCUT2D eigenvalue weighted by Crippen LogP contribution is -2.45. The highest BCUT2D eigenvalue weighted by Gasteiger charge is 2.37. The van der Waals surface area contributed by atoms with Gasteiger partial charge < -0.3 is 9.47 Å². The molecule has 0 fully saturated rings. The number of halogens is 3. The van der Waals surface area contributed by atoms with Crippen molar-refractivity contribution in [2.45, 2.75) is 68.5 Å². The minimum atomic E-state index is -4.25. The summed E-state index contributed by atoms with van der Waals surface area (Å²) in [5.74, 6) is 0.309. The van der Waals surface area contributed by atoms with Crippen molar-refractivity contribution in [1.82, 2.24) is 0 Å². The van der Waals surface area contributed by atoms with Crippen LogP contribution in [0.4, 0.5) is 25.0 Å². The van der Waals surface area contributed by atoms with E-state index in [1.165, 1.54) is 24.3 Å². The molecule has 1 amide bonds. The first-order chi connectivity index (χ1) is 16.3. The van der Waals surface area contributed by atoms with Gasteiger partial charge >= 0.3 is 10.0 Å². The Morgan fingerprint density at radius 2 is 1.81 bits per heavy atom. The van der Waals surface area contributed by atoms with Gasteiger partial charge in [0, 0.05) is 33.8 Å². The second kappa shape index (κ2) is 9.96. The SMILES string of the molecule is CC(C)(C)C[C@H]1CN(S(=O)(=O)c2cccc(C(F)(F)I)c2)c2cc(NC(=O)OC(C)(C)C)ccc2O1. The lowest BCUT2D eigenvalue weighted by Gasteiger charge is -2.38. The number of hydrogen-bond acceptors (Lipinski definition) is 5. The fourth-order valence-corrected chi connectivity index (χ4v) is 5.67. The summed E-state index contributed by atoms with van der Waals surface area (Å²) in [5, 5.41) is 2.60.